The van der Waals surface area contributed by atoms with Crippen molar-refractivity contribution in [3.63, 3.8) is 0 Å². The number of ketones is 1. The van der Waals surface area contributed by atoms with E-state index in [0.717, 1.165) is 43.9 Å². The van der Waals surface area contributed by atoms with Gasteiger partial charge in [0, 0.05) is 19.3 Å². The molecule has 2 rings (SSSR count). The molecule has 2 aliphatic rings. The number of allylic oxidation sites excluding steroid dienone is 1. The molecule has 2 fully saturated rings. The van der Waals surface area contributed by atoms with E-state index in [9.17, 15) is 4.79 Å². The van der Waals surface area contributed by atoms with Crippen LogP contribution in [-0.2, 0) is 9.53 Å². The minimum atomic E-state index is 0.0989. The Morgan fingerprint density at radius 2 is 1.71 bits per heavy atom. The summed E-state index contributed by atoms with van der Waals surface area (Å²) in [5.74, 6) is 2.12. The Kier molecular flexibility index (Phi) is 7.68. The molecule has 0 spiro atoms. The van der Waals surface area contributed by atoms with Gasteiger partial charge in [0.25, 0.3) is 0 Å². The van der Waals surface area contributed by atoms with Crippen molar-refractivity contribution in [2.45, 2.75) is 61.9 Å². The largest absolute Gasteiger partial charge is 0.394 e. The lowest BCUT2D eigenvalue weighted by atomic mass is 9.72. The smallest absolute Gasteiger partial charge is 0.132 e. The molecule has 2 saturated carbocycles. The third-order valence-corrected chi connectivity index (χ3v) is 5.78. The first-order valence-corrected chi connectivity index (χ1v) is 9.49. The number of halogens is 1. The number of aliphatic hydroxyl groups excluding tert-OH is 1. The van der Waals surface area contributed by atoms with Crippen molar-refractivity contribution >= 4 is 28.4 Å². The number of carbonyl (C=O) groups excluding carboxylic acids is 1. The molecule has 120 valence electrons. The van der Waals surface area contributed by atoms with Gasteiger partial charge in [-0.25, -0.2) is 0 Å². The van der Waals surface area contributed by atoms with Gasteiger partial charge in [-0.3, -0.25) is 4.79 Å². The molecule has 1 unspecified atom stereocenters. The molecule has 1 atom stereocenters. The minimum absolute atomic E-state index is 0.0989. The zero-order valence-corrected chi connectivity index (χ0v) is 14.9. The molecule has 0 saturated heterocycles. The van der Waals surface area contributed by atoms with E-state index < -0.39 is 0 Å². The second-order valence-electron chi connectivity index (χ2n) is 6.32. The lowest BCUT2D eigenvalue weighted by Crippen LogP contribution is -2.24. The summed E-state index contributed by atoms with van der Waals surface area (Å²) in [6, 6.07) is 0. The minimum Gasteiger partial charge on any atom is -0.394 e. The van der Waals surface area contributed by atoms with Crippen molar-refractivity contribution in [1.29, 1.82) is 0 Å². The van der Waals surface area contributed by atoms with Gasteiger partial charge < -0.3 is 9.84 Å². The maximum atomic E-state index is 11.3. The molecule has 2 aliphatic carbocycles. The fourth-order valence-corrected chi connectivity index (χ4v) is 4.14. The average Bonchev–Trinajstić information content (AvgIpc) is 2.52. The molecule has 0 amide bonds. The molecule has 0 heterocycles. The Hall–Kier alpha value is 0.0600. The molecule has 0 aliphatic heterocycles. The first kappa shape index (κ1) is 17.4. The van der Waals surface area contributed by atoms with Gasteiger partial charge in [0.05, 0.1) is 13.2 Å². The Morgan fingerprint density at radius 3 is 2.29 bits per heavy atom. The molecule has 1 N–H and O–H groups in total. The van der Waals surface area contributed by atoms with Crippen LogP contribution in [0.1, 0.15) is 57.8 Å². The SMILES string of the molecule is O=C1CCC(C2CCC(=CCC(I)OCCO)CC2)CC1. The van der Waals surface area contributed by atoms with E-state index in [0.29, 0.717) is 12.4 Å². The molecule has 0 aromatic carbocycles. The Morgan fingerprint density at radius 1 is 1.14 bits per heavy atom. The lowest BCUT2D eigenvalue weighted by molar-refractivity contribution is -0.121. The normalized spacial score (nSPS) is 25.9. The van der Waals surface area contributed by atoms with Crippen molar-refractivity contribution < 1.29 is 14.6 Å². The summed E-state index contributed by atoms with van der Waals surface area (Å²) >= 11 is 2.29. The van der Waals surface area contributed by atoms with Crippen LogP contribution in [0.2, 0.25) is 0 Å². The fourth-order valence-electron chi connectivity index (χ4n) is 3.63. The third-order valence-electron chi connectivity index (χ3n) is 4.91. The van der Waals surface area contributed by atoms with Crippen LogP contribution in [0, 0.1) is 11.8 Å². The van der Waals surface area contributed by atoms with Gasteiger partial charge in [-0.15, -0.1) is 0 Å². The fraction of sp³-hybridized carbons (Fsp3) is 0.824. The number of ether oxygens (including phenoxy) is 1. The second kappa shape index (κ2) is 9.26. The molecular formula is C17H27IO3. The molecular weight excluding hydrogens is 379 g/mol. The standard InChI is InChI=1S/C17H27IO3/c18-17(21-12-11-19)10-3-13-1-4-14(5-2-13)15-6-8-16(20)9-7-15/h3,14-15,17,19H,1-2,4-12H2. The lowest BCUT2D eigenvalue weighted by Gasteiger charge is -2.33. The van der Waals surface area contributed by atoms with Crippen molar-refractivity contribution in [3.8, 4) is 0 Å². The van der Waals surface area contributed by atoms with Crippen LogP contribution < -0.4 is 0 Å². The second-order valence-corrected chi connectivity index (χ2v) is 7.71. The summed E-state index contributed by atoms with van der Waals surface area (Å²) in [5.41, 5.74) is 1.58. The molecule has 21 heavy (non-hydrogen) atoms. The van der Waals surface area contributed by atoms with E-state index in [-0.39, 0.29) is 10.7 Å². The average molecular weight is 406 g/mol. The molecule has 0 bridgehead atoms. The van der Waals surface area contributed by atoms with Crippen LogP contribution in [0.3, 0.4) is 0 Å². The highest BCUT2D eigenvalue weighted by molar-refractivity contribution is 14.1. The summed E-state index contributed by atoms with van der Waals surface area (Å²) < 4.78 is 5.64. The van der Waals surface area contributed by atoms with Gasteiger partial charge in [0.2, 0.25) is 0 Å². The summed E-state index contributed by atoms with van der Waals surface area (Å²) in [5, 5.41) is 8.74. The van der Waals surface area contributed by atoms with E-state index in [2.05, 4.69) is 28.7 Å². The zero-order valence-electron chi connectivity index (χ0n) is 12.7. The quantitative estimate of drug-likeness (QED) is 0.412. The van der Waals surface area contributed by atoms with E-state index in [1.165, 1.54) is 25.7 Å². The van der Waals surface area contributed by atoms with E-state index in [1.54, 1.807) is 5.57 Å². The number of hydrogen-bond donors (Lipinski definition) is 1. The summed E-state index contributed by atoms with van der Waals surface area (Å²) in [6.07, 6.45) is 12.2. The van der Waals surface area contributed by atoms with Gasteiger partial charge in [-0.1, -0.05) is 34.2 Å². The summed E-state index contributed by atoms with van der Waals surface area (Å²) in [7, 11) is 0. The number of hydrogen-bond acceptors (Lipinski definition) is 3. The zero-order chi connectivity index (χ0) is 15.1. The highest BCUT2D eigenvalue weighted by Crippen LogP contribution is 2.39. The van der Waals surface area contributed by atoms with Crippen LogP contribution in [0.5, 0.6) is 0 Å². The summed E-state index contributed by atoms with van der Waals surface area (Å²) in [4.78, 5) is 11.3. The van der Waals surface area contributed by atoms with Gasteiger partial charge >= 0.3 is 0 Å². The predicted octanol–water partition coefficient (Wildman–Crippen LogP) is 4.02. The Labute approximate surface area is 141 Å². The summed E-state index contributed by atoms with van der Waals surface area (Å²) in [6.45, 7) is 0.529. The monoisotopic (exact) mass is 406 g/mol. The Bertz CT molecular complexity index is 347. The Balaban J connectivity index is 1.69. The first-order chi connectivity index (χ1) is 10.2. The topological polar surface area (TPSA) is 46.5 Å². The highest BCUT2D eigenvalue weighted by atomic mass is 127. The maximum Gasteiger partial charge on any atom is 0.132 e. The number of carbonyl (C=O) groups is 1. The van der Waals surface area contributed by atoms with Crippen LogP contribution in [0.4, 0.5) is 0 Å². The van der Waals surface area contributed by atoms with Crippen molar-refractivity contribution in [3.05, 3.63) is 11.6 Å². The van der Waals surface area contributed by atoms with Crippen LogP contribution in [0.25, 0.3) is 0 Å². The molecule has 3 nitrogen and oxygen atoms in total. The number of aliphatic hydroxyl groups is 1. The number of alkyl halides is 1. The van der Waals surface area contributed by atoms with E-state index in [1.807, 2.05) is 0 Å². The van der Waals surface area contributed by atoms with Crippen LogP contribution in [0.15, 0.2) is 11.6 Å². The molecule has 0 aromatic rings. The molecule has 0 radical (unpaired) electrons. The van der Waals surface area contributed by atoms with Crippen molar-refractivity contribution in [2.75, 3.05) is 13.2 Å². The van der Waals surface area contributed by atoms with Gasteiger partial charge in [0.1, 0.15) is 9.89 Å². The van der Waals surface area contributed by atoms with E-state index in [4.69, 9.17) is 9.84 Å². The van der Waals surface area contributed by atoms with Gasteiger partial charge in [-0.2, -0.15) is 0 Å². The van der Waals surface area contributed by atoms with Crippen molar-refractivity contribution in [1.82, 2.24) is 0 Å². The van der Waals surface area contributed by atoms with Gasteiger partial charge in [-0.05, 0) is 50.4 Å². The van der Waals surface area contributed by atoms with Crippen LogP contribution in [-0.4, -0.2) is 28.2 Å². The number of rotatable bonds is 6. The molecule has 0 aromatic heterocycles. The number of Topliss-reactive ketones (excluding diaryl/α,β-unsaturated/α-hetero) is 1. The first-order valence-electron chi connectivity index (χ1n) is 8.25. The molecule has 4 heteroatoms. The predicted molar refractivity (Wildman–Crippen MR) is 92.5 cm³/mol. The highest BCUT2D eigenvalue weighted by Gasteiger charge is 2.28. The van der Waals surface area contributed by atoms with Gasteiger partial charge in [0.15, 0.2) is 0 Å². The third kappa shape index (κ3) is 5.99. The maximum absolute atomic E-state index is 11.3. The van der Waals surface area contributed by atoms with E-state index >= 15 is 0 Å². The van der Waals surface area contributed by atoms with Crippen molar-refractivity contribution in [2.24, 2.45) is 11.8 Å². The van der Waals surface area contributed by atoms with Crippen LogP contribution >= 0.6 is 22.6 Å².